The number of carboxylic acid groups (broad SMARTS) is 1. The molecule has 3 aliphatic rings. The minimum Gasteiger partial charge on any atom is -0.488 e. The predicted octanol–water partition coefficient (Wildman–Crippen LogP) is 6.48. The van der Waals surface area contributed by atoms with Crippen LogP contribution in [0.4, 0.5) is 5.13 Å². The van der Waals surface area contributed by atoms with Crippen molar-refractivity contribution in [2.45, 2.75) is 72.6 Å². The van der Waals surface area contributed by atoms with E-state index in [0.717, 1.165) is 73.3 Å². The third kappa shape index (κ3) is 5.69. The van der Waals surface area contributed by atoms with Gasteiger partial charge in [-0.2, -0.15) is 0 Å². The number of nitrogens with zero attached hydrogens (tertiary/aromatic N) is 3. The molecule has 7 nitrogen and oxygen atoms in total. The van der Waals surface area contributed by atoms with Crippen molar-refractivity contribution in [3.05, 3.63) is 63.5 Å². The van der Waals surface area contributed by atoms with Crippen LogP contribution in [0.5, 0.6) is 5.75 Å². The minimum atomic E-state index is -0.706. The van der Waals surface area contributed by atoms with E-state index < -0.39 is 11.4 Å². The van der Waals surface area contributed by atoms with Crippen molar-refractivity contribution in [2.75, 3.05) is 37.7 Å². The zero-order valence-electron chi connectivity index (χ0n) is 25.3. The van der Waals surface area contributed by atoms with Crippen molar-refractivity contribution >= 4 is 22.4 Å². The zero-order valence-corrected chi connectivity index (χ0v) is 26.1. The van der Waals surface area contributed by atoms with Crippen molar-refractivity contribution in [1.29, 1.82) is 0 Å². The molecule has 0 aliphatic carbocycles. The number of rotatable bonds is 7. The number of benzene rings is 2. The van der Waals surface area contributed by atoms with Gasteiger partial charge in [-0.3, -0.25) is 9.69 Å². The topological polar surface area (TPSA) is 75.1 Å². The molecule has 6 rings (SSSR count). The number of ether oxygens (including phenoxy) is 2. The summed E-state index contributed by atoms with van der Waals surface area (Å²) >= 11 is 1.62. The van der Waals surface area contributed by atoms with Gasteiger partial charge >= 0.3 is 5.97 Å². The molecule has 1 N–H and O–H groups in total. The van der Waals surface area contributed by atoms with Crippen molar-refractivity contribution in [3.8, 4) is 17.0 Å². The third-order valence-electron chi connectivity index (χ3n) is 10.1. The van der Waals surface area contributed by atoms with E-state index in [-0.39, 0.29) is 5.92 Å². The van der Waals surface area contributed by atoms with E-state index in [1.54, 1.807) is 11.3 Å². The molecule has 2 saturated heterocycles. The first-order chi connectivity index (χ1) is 20.2. The van der Waals surface area contributed by atoms with Gasteiger partial charge in [-0.15, -0.1) is 11.3 Å². The maximum Gasteiger partial charge on any atom is 0.309 e. The van der Waals surface area contributed by atoms with Crippen LogP contribution in [-0.2, 0) is 29.1 Å². The summed E-state index contributed by atoms with van der Waals surface area (Å²) in [7, 11) is 0. The lowest BCUT2D eigenvalue weighted by Gasteiger charge is -2.41. The largest absolute Gasteiger partial charge is 0.488 e. The molecule has 224 valence electrons. The van der Waals surface area contributed by atoms with Crippen LogP contribution in [0.15, 0.2) is 35.7 Å². The van der Waals surface area contributed by atoms with Crippen LogP contribution in [0.1, 0.15) is 60.9 Å². The molecule has 0 radical (unpaired) electrons. The number of piperidine rings is 1. The quantitative estimate of drug-likeness (QED) is 0.338. The van der Waals surface area contributed by atoms with E-state index in [4.69, 9.17) is 14.5 Å². The average Bonchev–Trinajstić information content (AvgIpc) is 3.49. The number of aromatic nitrogens is 1. The molecular formula is C34H43N3O4S. The van der Waals surface area contributed by atoms with E-state index in [2.05, 4.69) is 59.4 Å². The lowest BCUT2D eigenvalue weighted by atomic mass is 9.73. The normalized spacial score (nSPS) is 23.5. The molecule has 8 heteroatoms. The molecule has 0 saturated carbocycles. The Morgan fingerprint density at radius 2 is 2.00 bits per heavy atom. The first kappa shape index (κ1) is 29.1. The Labute approximate surface area is 253 Å². The standard InChI is InChI=1S/C34H43N3O4S/c1-22-5-8-31(29(17-22)30-21-42-33(35-30)37-14-12-34(4,32(38)39)23(2)18-37)41-20-26-7-6-25-19-36(13-9-28(25)24(26)3)27-10-15-40-16-11-27/h5-8,17,21,23,27H,9-16,18-20H2,1-4H3,(H,38,39)/t23-,34-/m0/s1. The highest BCUT2D eigenvalue weighted by atomic mass is 32.1. The summed E-state index contributed by atoms with van der Waals surface area (Å²) in [4.78, 5) is 21.8. The fraction of sp³-hybridized carbons (Fsp3) is 0.529. The number of carboxylic acids is 1. The lowest BCUT2D eigenvalue weighted by Crippen LogP contribution is -2.48. The zero-order chi connectivity index (χ0) is 29.4. The summed E-state index contributed by atoms with van der Waals surface area (Å²) in [6.45, 7) is 14.1. The molecule has 0 spiro atoms. The fourth-order valence-electron chi connectivity index (χ4n) is 6.82. The summed E-state index contributed by atoms with van der Waals surface area (Å²) in [5, 5.41) is 12.8. The van der Waals surface area contributed by atoms with E-state index in [0.29, 0.717) is 32.2 Å². The SMILES string of the molecule is Cc1ccc(OCc2ccc3c(c2C)CCN(C2CCOCC2)C3)c(-c2csc(N3CC[C@](C)(C(=O)O)[C@@H](C)C3)n2)c1. The van der Waals surface area contributed by atoms with E-state index in [1.807, 2.05) is 13.8 Å². The third-order valence-corrected chi connectivity index (χ3v) is 11.0. The molecule has 0 bridgehead atoms. The van der Waals surface area contributed by atoms with Crippen molar-refractivity contribution < 1.29 is 19.4 Å². The smallest absolute Gasteiger partial charge is 0.309 e. The number of fused-ring (bicyclic) bond motifs is 1. The lowest BCUT2D eigenvalue weighted by molar-refractivity contribution is -0.152. The van der Waals surface area contributed by atoms with Gasteiger partial charge in [-0.1, -0.05) is 30.7 Å². The Morgan fingerprint density at radius 3 is 2.76 bits per heavy atom. The number of aliphatic carboxylic acids is 1. The average molecular weight is 590 g/mol. The second-order valence-electron chi connectivity index (χ2n) is 12.7. The van der Waals surface area contributed by atoms with Gasteiger partial charge in [-0.05, 0) is 86.8 Å². The van der Waals surface area contributed by atoms with E-state index in [1.165, 1.54) is 22.3 Å². The van der Waals surface area contributed by atoms with Gasteiger partial charge in [0.25, 0.3) is 0 Å². The molecule has 2 aromatic carbocycles. The molecule has 2 atom stereocenters. The number of hydrogen-bond donors (Lipinski definition) is 1. The number of aryl methyl sites for hydroxylation is 1. The highest BCUT2D eigenvalue weighted by molar-refractivity contribution is 7.14. The number of thiazole rings is 1. The molecule has 4 heterocycles. The molecule has 1 aromatic heterocycles. The monoisotopic (exact) mass is 589 g/mol. The van der Waals surface area contributed by atoms with Crippen LogP contribution in [0.2, 0.25) is 0 Å². The first-order valence-electron chi connectivity index (χ1n) is 15.3. The molecule has 3 aromatic rings. The van der Waals surface area contributed by atoms with Gasteiger partial charge in [0.15, 0.2) is 5.13 Å². The number of carbonyl (C=O) groups is 1. The summed E-state index contributed by atoms with van der Waals surface area (Å²) in [6.07, 6.45) is 3.98. The van der Waals surface area contributed by atoms with Gasteiger partial charge in [0.1, 0.15) is 12.4 Å². The molecule has 0 unspecified atom stereocenters. The van der Waals surface area contributed by atoms with Crippen molar-refractivity contribution in [3.63, 3.8) is 0 Å². The van der Waals surface area contributed by atoms with Crippen LogP contribution < -0.4 is 9.64 Å². The van der Waals surface area contributed by atoms with Gasteiger partial charge in [-0.25, -0.2) is 4.98 Å². The Hall–Kier alpha value is -2.94. The van der Waals surface area contributed by atoms with Gasteiger partial charge < -0.3 is 19.5 Å². The number of hydrogen-bond acceptors (Lipinski definition) is 7. The van der Waals surface area contributed by atoms with Crippen LogP contribution in [0.3, 0.4) is 0 Å². The van der Waals surface area contributed by atoms with Crippen LogP contribution in [0.25, 0.3) is 11.3 Å². The van der Waals surface area contributed by atoms with Crippen LogP contribution in [-0.4, -0.2) is 59.8 Å². The molecule has 42 heavy (non-hydrogen) atoms. The van der Waals surface area contributed by atoms with Gasteiger partial charge in [0, 0.05) is 56.4 Å². The van der Waals surface area contributed by atoms with Crippen molar-refractivity contribution in [1.82, 2.24) is 9.88 Å². The summed E-state index contributed by atoms with van der Waals surface area (Å²) in [5.41, 5.74) is 7.92. The first-order valence-corrected chi connectivity index (χ1v) is 16.2. The fourth-order valence-corrected chi connectivity index (χ4v) is 7.68. The Morgan fingerprint density at radius 1 is 1.19 bits per heavy atom. The maximum atomic E-state index is 11.9. The van der Waals surface area contributed by atoms with E-state index >= 15 is 0 Å². The Bertz CT molecular complexity index is 1450. The summed E-state index contributed by atoms with van der Waals surface area (Å²) in [5.74, 6) is 0.173. The molecular weight excluding hydrogens is 546 g/mol. The maximum absolute atomic E-state index is 11.9. The highest BCUT2D eigenvalue weighted by Crippen LogP contribution is 2.40. The highest BCUT2D eigenvalue weighted by Gasteiger charge is 2.43. The Kier molecular flexibility index (Phi) is 8.31. The Balaban J connectivity index is 1.16. The predicted molar refractivity (Wildman–Crippen MR) is 167 cm³/mol. The van der Waals surface area contributed by atoms with Gasteiger partial charge in [0.2, 0.25) is 0 Å². The molecule has 3 aliphatic heterocycles. The molecule has 0 amide bonds. The summed E-state index contributed by atoms with van der Waals surface area (Å²) in [6, 6.07) is 11.5. The van der Waals surface area contributed by atoms with Gasteiger partial charge in [0.05, 0.1) is 11.1 Å². The van der Waals surface area contributed by atoms with Crippen molar-refractivity contribution in [2.24, 2.45) is 11.3 Å². The molecule has 2 fully saturated rings. The minimum absolute atomic E-state index is 0.0405. The second-order valence-corrected chi connectivity index (χ2v) is 13.5. The van der Waals surface area contributed by atoms with E-state index in [9.17, 15) is 9.90 Å². The summed E-state index contributed by atoms with van der Waals surface area (Å²) < 4.78 is 12.1. The second kappa shape index (κ2) is 12.0. The van der Waals surface area contributed by atoms with Crippen LogP contribution >= 0.6 is 11.3 Å². The van der Waals surface area contributed by atoms with Crippen LogP contribution in [0, 0.1) is 25.2 Å². The number of anilines is 1.